The first-order valence-electron chi connectivity index (χ1n) is 5.50. The first-order valence-corrected chi connectivity index (χ1v) is 5.88. The van der Waals surface area contributed by atoms with E-state index in [0.29, 0.717) is 5.69 Å². The van der Waals surface area contributed by atoms with Crippen LogP contribution < -0.4 is 5.32 Å². The van der Waals surface area contributed by atoms with Gasteiger partial charge in [0.15, 0.2) is 0 Å². The highest BCUT2D eigenvalue weighted by molar-refractivity contribution is 6.32. The van der Waals surface area contributed by atoms with Crippen molar-refractivity contribution in [3.8, 4) is 0 Å². The number of carbonyl (C=O) groups excluding carboxylic acids is 1. The molecule has 2 aromatic rings. The predicted octanol–water partition coefficient (Wildman–Crippen LogP) is 3.53. The Kier molecular flexibility index (Phi) is 4.26. The van der Waals surface area contributed by atoms with Gasteiger partial charge >= 0.3 is 0 Å². The number of nitrogens with zero attached hydrogens (tertiary/aromatic N) is 1. The molecule has 1 heterocycles. The first kappa shape index (κ1) is 13.2. The summed E-state index contributed by atoms with van der Waals surface area (Å²) in [5, 5.41) is 2.85. The molecule has 0 radical (unpaired) electrons. The lowest BCUT2D eigenvalue weighted by molar-refractivity contribution is -0.111. The van der Waals surface area contributed by atoms with E-state index >= 15 is 0 Å². The standard InChI is InChI=1S/C14H10ClFN2O/c15-12-4-1-5-13(16)11(12)6-7-14(19)18-10-3-2-8-17-9-10/h1-9H,(H,18,19)/b7-6+. The molecule has 3 nitrogen and oxygen atoms in total. The van der Waals surface area contributed by atoms with Crippen molar-refractivity contribution in [2.45, 2.75) is 0 Å². The molecule has 0 aliphatic heterocycles. The van der Waals surface area contributed by atoms with E-state index < -0.39 is 5.82 Å². The lowest BCUT2D eigenvalue weighted by atomic mass is 10.2. The largest absolute Gasteiger partial charge is 0.321 e. The third-order valence-corrected chi connectivity index (χ3v) is 2.66. The van der Waals surface area contributed by atoms with E-state index in [0.717, 1.165) is 0 Å². The molecule has 2 rings (SSSR count). The number of anilines is 1. The summed E-state index contributed by atoms with van der Waals surface area (Å²) in [7, 11) is 0. The summed E-state index contributed by atoms with van der Waals surface area (Å²) in [6, 6.07) is 7.75. The van der Waals surface area contributed by atoms with Gasteiger partial charge in [0.2, 0.25) is 5.91 Å². The highest BCUT2D eigenvalue weighted by atomic mass is 35.5. The molecule has 0 unspecified atom stereocenters. The van der Waals surface area contributed by atoms with E-state index in [2.05, 4.69) is 10.3 Å². The topological polar surface area (TPSA) is 42.0 Å². The maximum atomic E-state index is 13.5. The van der Waals surface area contributed by atoms with E-state index in [-0.39, 0.29) is 16.5 Å². The fourth-order valence-electron chi connectivity index (χ4n) is 1.45. The van der Waals surface area contributed by atoms with E-state index in [9.17, 15) is 9.18 Å². The molecule has 1 N–H and O–H groups in total. The number of nitrogens with one attached hydrogen (secondary N) is 1. The van der Waals surface area contributed by atoms with Gasteiger partial charge in [-0.2, -0.15) is 0 Å². The lowest BCUT2D eigenvalue weighted by Gasteiger charge is -2.01. The third-order valence-electron chi connectivity index (χ3n) is 2.33. The fourth-order valence-corrected chi connectivity index (χ4v) is 1.68. The minimum atomic E-state index is -0.474. The van der Waals surface area contributed by atoms with Gasteiger partial charge in [0, 0.05) is 17.8 Å². The van der Waals surface area contributed by atoms with Crippen LogP contribution in [0.3, 0.4) is 0 Å². The maximum absolute atomic E-state index is 13.5. The predicted molar refractivity (Wildman–Crippen MR) is 73.3 cm³/mol. The van der Waals surface area contributed by atoms with Crippen molar-refractivity contribution in [2.75, 3.05) is 5.32 Å². The summed E-state index contributed by atoms with van der Waals surface area (Å²) in [6.07, 6.45) is 5.67. The molecule has 1 amide bonds. The van der Waals surface area contributed by atoms with E-state index in [1.807, 2.05) is 0 Å². The molecule has 0 atom stereocenters. The van der Waals surface area contributed by atoms with E-state index in [1.54, 1.807) is 24.4 Å². The molecular formula is C14H10ClFN2O. The van der Waals surface area contributed by atoms with Crippen molar-refractivity contribution in [1.82, 2.24) is 4.98 Å². The zero-order chi connectivity index (χ0) is 13.7. The quantitative estimate of drug-likeness (QED) is 0.872. The summed E-state index contributed by atoms with van der Waals surface area (Å²) in [6.45, 7) is 0. The summed E-state index contributed by atoms with van der Waals surface area (Å²) < 4.78 is 13.5. The maximum Gasteiger partial charge on any atom is 0.248 e. The molecule has 0 fully saturated rings. The smallest absolute Gasteiger partial charge is 0.248 e. The van der Waals surface area contributed by atoms with Crippen LogP contribution in [0.5, 0.6) is 0 Å². The number of amides is 1. The van der Waals surface area contributed by atoms with Gasteiger partial charge in [-0.15, -0.1) is 0 Å². The van der Waals surface area contributed by atoms with Crippen LogP contribution in [0, 0.1) is 5.82 Å². The molecule has 5 heteroatoms. The number of benzene rings is 1. The molecule has 1 aromatic heterocycles. The van der Waals surface area contributed by atoms with Crippen molar-refractivity contribution in [3.63, 3.8) is 0 Å². The Labute approximate surface area is 114 Å². The Balaban J connectivity index is 2.09. The second-order valence-corrected chi connectivity index (χ2v) is 4.11. The zero-order valence-corrected chi connectivity index (χ0v) is 10.6. The molecule has 0 aliphatic rings. The van der Waals surface area contributed by atoms with Gasteiger partial charge in [0.05, 0.1) is 16.9 Å². The Morgan fingerprint density at radius 3 is 2.84 bits per heavy atom. The number of hydrogen-bond donors (Lipinski definition) is 1. The number of hydrogen-bond acceptors (Lipinski definition) is 2. The summed E-state index contributed by atoms with van der Waals surface area (Å²) in [4.78, 5) is 15.5. The molecule has 19 heavy (non-hydrogen) atoms. The van der Waals surface area contributed by atoms with Crippen LogP contribution >= 0.6 is 11.6 Å². The SMILES string of the molecule is O=C(/C=C/c1c(F)cccc1Cl)Nc1cccnc1. The second-order valence-electron chi connectivity index (χ2n) is 3.70. The molecule has 0 aliphatic carbocycles. The molecular weight excluding hydrogens is 267 g/mol. The lowest BCUT2D eigenvalue weighted by Crippen LogP contribution is -2.07. The number of carbonyl (C=O) groups is 1. The number of pyridine rings is 1. The van der Waals surface area contributed by atoms with Gasteiger partial charge in [0.1, 0.15) is 5.82 Å². The van der Waals surface area contributed by atoms with Gasteiger partial charge in [-0.1, -0.05) is 17.7 Å². The summed E-state index contributed by atoms with van der Waals surface area (Å²) in [5.74, 6) is -0.856. The first-order chi connectivity index (χ1) is 9.16. The number of rotatable bonds is 3. The van der Waals surface area contributed by atoms with Crippen LogP contribution in [-0.2, 0) is 4.79 Å². The van der Waals surface area contributed by atoms with Crippen molar-refractivity contribution in [1.29, 1.82) is 0 Å². The van der Waals surface area contributed by atoms with Crippen LogP contribution in [0.4, 0.5) is 10.1 Å². The Morgan fingerprint density at radius 2 is 2.16 bits per heavy atom. The molecule has 0 saturated heterocycles. The van der Waals surface area contributed by atoms with Crippen LogP contribution in [0.1, 0.15) is 5.56 Å². The highest BCUT2D eigenvalue weighted by Gasteiger charge is 2.04. The Bertz CT molecular complexity index is 594. The van der Waals surface area contributed by atoms with Gasteiger partial charge in [-0.25, -0.2) is 4.39 Å². The molecule has 0 bridgehead atoms. The van der Waals surface area contributed by atoms with Crippen LogP contribution in [-0.4, -0.2) is 10.9 Å². The van der Waals surface area contributed by atoms with E-state index in [4.69, 9.17) is 11.6 Å². The van der Waals surface area contributed by atoms with E-state index in [1.165, 1.54) is 30.5 Å². The normalized spacial score (nSPS) is 10.6. The minimum Gasteiger partial charge on any atom is -0.321 e. The van der Waals surface area contributed by atoms with Crippen LogP contribution in [0.2, 0.25) is 5.02 Å². The van der Waals surface area contributed by atoms with Gasteiger partial charge in [0.25, 0.3) is 0 Å². The van der Waals surface area contributed by atoms with Gasteiger partial charge in [-0.3, -0.25) is 9.78 Å². The Morgan fingerprint density at radius 1 is 1.32 bits per heavy atom. The summed E-state index contributed by atoms with van der Waals surface area (Å²) in [5.41, 5.74) is 0.752. The highest BCUT2D eigenvalue weighted by Crippen LogP contribution is 2.20. The fraction of sp³-hybridized carbons (Fsp3) is 0. The molecule has 0 spiro atoms. The van der Waals surface area contributed by atoms with Crippen molar-refractivity contribution >= 4 is 29.3 Å². The second kappa shape index (κ2) is 6.11. The summed E-state index contributed by atoms with van der Waals surface area (Å²) >= 11 is 5.84. The monoisotopic (exact) mass is 276 g/mol. The van der Waals surface area contributed by atoms with Crippen LogP contribution in [0.15, 0.2) is 48.8 Å². The van der Waals surface area contributed by atoms with Crippen molar-refractivity contribution in [3.05, 3.63) is 65.2 Å². The van der Waals surface area contributed by atoms with Gasteiger partial charge < -0.3 is 5.32 Å². The molecule has 96 valence electrons. The minimum absolute atomic E-state index is 0.186. The average Bonchev–Trinajstić information content (AvgIpc) is 2.39. The van der Waals surface area contributed by atoms with Gasteiger partial charge in [-0.05, 0) is 30.3 Å². The van der Waals surface area contributed by atoms with Crippen molar-refractivity contribution in [2.24, 2.45) is 0 Å². The zero-order valence-electron chi connectivity index (χ0n) is 9.81. The van der Waals surface area contributed by atoms with Crippen molar-refractivity contribution < 1.29 is 9.18 Å². The molecule has 0 saturated carbocycles. The number of halogens is 2. The molecule has 1 aromatic carbocycles. The number of aromatic nitrogens is 1. The Hall–Kier alpha value is -2.20. The van der Waals surface area contributed by atoms with Crippen LogP contribution in [0.25, 0.3) is 6.08 Å². The third kappa shape index (κ3) is 3.63. The average molecular weight is 277 g/mol.